The third-order valence-corrected chi connectivity index (χ3v) is 0. The van der Waals surface area contributed by atoms with Crippen LogP contribution in [0.15, 0.2) is 11.1 Å². The van der Waals surface area contributed by atoms with E-state index < -0.39 is 0 Å². The van der Waals surface area contributed by atoms with Gasteiger partial charge in [-0.05, 0) is 0 Å². The zero-order valence-electron chi connectivity index (χ0n) is 9.40. The molecule has 0 aliphatic rings. The number of hydrogen-bond donors (Lipinski definition) is 0. The van der Waals surface area contributed by atoms with Crippen molar-refractivity contribution in [1.82, 2.24) is 0 Å². The van der Waals surface area contributed by atoms with Crippen LogP contribution in [0.4, 0.5) is 0 Å². The molecule has 0 N–H and O–H groups in total. The Hall–Kier alpha value is 0.684. The van der Waals surface area contributed by atoms with Gasteiger partial charge in [-0.15, -0.1) is 0 Å². The third kappa shape index (κ3) is 3090. The molecule has 0 heterocycles. The van der Waals surface area contributed by atoms with Crippen LogP contribution >= 0.6 is 0 Å². The van der Waals surface area contributed by atoms with Crippen molar-refractivity contribution in [1.29, 1.82) is 5.26 Å². The Morgan fingerprint density at radius 1 is 0.846 bits per heavy atom. The molecular weight excluding hydrogens is 200 g/mol. The van der Waals surface area contributed by atoms with Gasteiger partial charge < -0.3 is 25.0 Å². The summed E-state index contributed by atoms with van der Waals surface area (Å²) >= 11 is 0. The van der Waals surface area contributed by atoms with E-state index in [2.05, 4.69) is 0 Å². The molecule has 4 heteroatoms. The number of nitrogens with zero attached hydrogens (tertiary/aromatic N) is 1. The van der Waals surface area contributed by atoms with E-state index in [1.54, 1.807) is 0 Å². The molecule has 0 aromatic carbocycles. The molecule has 68 valence electrons. The minimum atomic E-state index is 0. The number of allylic oxidation sites excluding steroid dienone is 2. The summed E-state index contributed by atoms with van der Waals surface area (Å²) in [7, 11) is 0. The molecule has 0 saturated heterocycles. The summed E-state index contributed by atoms with van der Waals surface area (Å²) < 4.78 is 0. The minimum Gasteiger partial charge on any atom is -0.515 e. The molecule has 13 heavy (non-hydrogen) atoms. The molecule has 0 bridgehead atoms. The summed E-state index contributed by atoms with van der Waals surface area (Å²) in [5.74, 6) is 0. The van der Waals surface area contributed by atoms with Gasteiger partial charge in [0.1, 0.15) is 0 Å². The first-order valence-electron chi connectivity index (χ1n) is 2.80. The van der Waals surface area contributed by atoms with Crippen LogP contribution in [0, 0.1) is 25.0 Å². The van der Waals surface area contributed by atoms with E-state index in [1.165, 1.54) is 0 Å². The van der Waals surface area contributed by atoms with Gasteiger partial charge in [-0.1, -0.05) is 27.7 Å². The molecule has 0 aromatic heterocycles. The summed E-state index contributed by atoms with van der Waals surface area (Å²) in [6, 6.07) is 0. The standard InChI is InChI=1S/2C4H7.CN.Cu.2Li/c2*1-4(2)3;1-2;;;/h2*1H,2-3H3;;;;/q3*-1;3*+1. The Labute approximate surface area is 118 Å². The predicted molar refractivity (Wildman–Crippen MR) is 43.3 cm³/mol. The van der Waals surface area contributed by atoms with Crippen molar-refractivity contribution < 1.29 is 54.8 Å². The first-order valence-corrected chi connectivity index (χ1v) is 2.80. The van der Waals surface area contributed by atoms with Gasteiger partial charge in [0.2, 0.25) is 0 Å². The second-order valence-corrected chi connectivity index (χ2v) is 2.15. The van der Waals surface area contributed by atoms with Gasteiger partial charge in [0.25, 0.3) is 0 Å². The fourth-order valence-corrected chi connectivity index (χ4v) is 0. The molecule has 0 amide bonds. The first-order chi connectivity index (χ1) is 4.46. The molecule has 0 aliphatic heterocycles. The molecule has 0 aromatic rings. The zero-order valence-corrected chi connectivity index (χ0v) is 10.3. The quantitative estimate of drug-likeness (QED) is 0.309. The first kappa shape index (κ1) is 37.3. The van der Waals surface area contributed by atoms with Crippen molar-refractivity contribution in [2.45, 2.75) is 27.7 Å². The van der Waals surface area contributed by atoms with E-state index in [0.29, 0.717) is 0 Å². The summed E-state index contributed by atoms with van der Waals surface area (Å²) in [5.41, 5.74) is 1.83. The molecular formula is C9H14CuLi2N. The molecule has 0 unspecified atom stereocenters. The monoisotopic (exact) mass is 213 g/mol. The fourth-order valence-electron chi connectivity index (χ4n) is 0. The predicted octanol–water partition coefficient (Wildman–Crippen LogP) is -3.13. The Kier molecular flexibility index (Phi) is 111. The molecule has 0 fully saturated rings. The third-order valence-electron chi connectivity index (χ3n) is 0. The Morgan fingerprint density at radius 3 is 0.846 bits per heavy atom. The SMILES string of the molecule is [C-]#N.[CH-]=C(C)C.[CH-]=C(C)C.[Cu+].[Li+].[Li+]. The van der Waals surface area contributed by atoms with Gasteiger partial charge in [0.15, 0.2) is 0 Å². The Bertz CT molecular complexity index is 102. The van der Waals surface area contributed by atoms with Crippen molar-refractivity contribution in [3.63, 3.8) is 0 Å². The molecule has 0 aliphatic carbocycles. The smallest absolute Gasteiger partial charge is 0.515 e. The van der Waals surface area contributed by atoms with Crippen molar-refractivity contribution in [2.75, 3.05) is 0 Å². The summed E-state index contributed by atoms with van der Waals surface area (Å²) in [5, 5.41) is 6.25. The molecule has 0 spiro atoms. The van der Waals surface area contributed by atoms with E-state index in [9.17, 15) is 0 Å². The summed E-state index contributed by atoms with van der Waals surface area (Å²) in [6.45, 7) is 22.2. The second-order valence-electron chi connectivity index (χ2n) is 2.15. The van der Waals surface area contributed by atoms with Crippen LogP contribution in [-0.2, 0) is 17.1 Å². The summed E-state index contributed by atoms with van der Waals surface area (Å²) in [6.07, 6.45) is 0. The zero-order chi connectivity index (χ0) is 9.15. The van der Waals surface area contributed by atoms with E-state index >= 15 is 0 Å². The second kappa shape index (κ2) is 38.8. The van der Waals surface area contributed by atoms with E-state index in [4.69, 9.17) is 25.0 Å². The fraction of sp³-hybridized carbons (Fsp3) is 0.444. The number of hydrogen-bond acceptors (Lipinski definition) is 1. The van der Waals surface area contributed by atoms with Crippen LogP contribution in [0.2, 0.25) is 0 Å². The average molecular weight is 214 g/mol. The van der Waals surface area contributed by atoms with Crippen LogP contribution in [0.25, 0.3) is 0 Å². The Morgan fingerprint density at radius 2 is 0.846 bits per heavy atom. The van der Waals surface area contributed by atoms with Crippen molar-refractivity contribution in [3.05, 3.63) is 30.9 Å². The van der Waals surface area contributed by atoms with Crippen LogP contribution in [-0.4, -0.2) is 0 Å². The topological polar surface area (TPSA) is 23.8 Å². The molecule has 0 saturated carbocycles. The average Bonchev–Trinajstić information content (AvgIpc) is 1.66. The maximum atomic E-state index is 6.25. The van der Waals surface area contributed by atoms with Crippen molar-refractivity contribution >= 4 is 0 Å². The van der Waals surface area contributed by atoms with Gasteiger partial charge in [-0.25, -0.2) is 0 Å². The van der Waals surface area contributed by atoms with Gasteiger partial charge in [0.05, 0.1) is 0 Å². The van der Waals surface area contributed by atoms with Crippen LogP contribution in [0.1, 0.15) is 27.7 Å². The number of rotatable bonds is 0. The van der Waals surface area contributed by atoms with Crippen LogP contribution in [0.3, 0.4) is 0 Å². The maximum absolute atomic E-state index is 6.25. The van der Waals surface area contributed by atoms with Gasteiger partial charge >= 0.3 is 54.8 Å². The van der Waals surface area contributed by atoms with Gasteiger partial charge in [-0.2, -0.15) is 0 Å². The molecule has 1 nitrogen and oxygen atoms in total. The van der Waals surface area contributed by atoms with Crippen LogP contribution in [0.5, 0.6) is 0 Å². The van der Waals surface area contributed by atoms with E-state index in [-0.39, 0.29) is 54.8 Å². The molecule has 0 radical (unpaired) electrons. The van der Waals surface area contributed by atoms with E-state index in [1.807, 2.05) is 27.7 Å². The van der Waals surface area contributed by atoms with Crippen LogP contribution < -0.4 is 37.7 Å². The van der Waals surface area contributed by atoms with Crippen molar-refractivity contribution in [3.8, 4) is 0 Å². The minimum absolute atomic E-state index is 0. The van der Waals surface area contributed by atoms with E-state index in [0.717, 1.165) is 11.1 Å². The van der Waals surface area contributed by atoms with Gasteiger partial charge in [-0.3, -0.25) is 11.1 Å². The molecule has 0 atom stereocenters. The molecule has 0 rings (SSSR count). The van der Waals surface area contributed by atoms with Gasteiger partial charge in [0, 0.05) is 0 Å². The normalized spacial score (nSPS) is 4.15. The Balaban J connectivity index is -0.0000000133. The largest absolute Gasteiger partial charge is 1.00 e. The van der Waals surface area contributed by atoms with Crippen molar-refractivity contribution in [2.24, 2.45) is 0 Å². The summed E-state index contributed by atoms with van der Waals surface area (Å²) in [4.78, 5) is 0. The maximum Gasteiger partial charge on any atom is 1.00 e.